The van der Waals surface area contributed by atoms with Crippen LogP contribution in [0.1, 0.15) is 56.9 Å². The van der Waals surface area contributed by atoms with Crippen LogP contribution in [0.3, 0.4) is 0 Å². The van der Waals surface area contributed by atoms with Crippen molar-refractivity contribution in [1.29, 1.82) is 0 Å². The highest BCUT2D eigenvalue weighted by Gasteiger charge is 2.50. The van der Waals surface area contributed by atoms with Gasteiger partial charge in [-0.2, -0.15) is 0 Å². The Morgan fingerprint density at radius 2 is 1.33 bits per heavy atom. The fraction of sp³-hybridized carbons (Fsp3) is 0.160. The van der Waals surface area contributed by atoms with Crippen molar-refractivity contribution in [2.45, 2.75) is 52.4 Å². The van der Waals surface area contributed by atoms with Crippen LogP contribution in [0.15, 0.2) is 140 Å². The van der Waals surface area contributed by atoms with E-state index in [1.807, 2.05) is 11.3 Å². The van der Waals surface area contributed by atoms with Gasteiger partial charge in [0.05, 0.1) is 5.69 Å². The van der Waals surface area contributed by atoms with Gasteiger partial charge in [-0.1, -0.05) is 132 Å². The minimum absolute atomic E-state index is 0.00335. The van der Waals surface area contributed by atoms with Gasteiger partial charge in [-0.25, -0.2) is 0 Å². The van der Waals surface area contributed by atoms with E-state index in [4.69, 9.17) is 0 Å². The first-order chi connectivity index (χ1) is 26.1. The molecule has 7 aromatic carbocycles. The van der Waals surface area contributed by atoms with Crippen molar-refractivity contribution in [3.05, 3.63) is 162 Å². The number of benzene rings is 7. The maximum Gasteiger partial charge on any atom is 0.333 e. The molecule has 3 aliphatic rings. The number of nitrogens with zero attached hydrogens (tertiary/aromatic N) is 2. The monoisotopic (exact) mass is 712 g/mol. The molecular weight excluding hydrogens is 671 g/mol. The predicted molar refractivity (Wildman–Crippen MR) is 234 cm³/mol. The summed E-state index contributed by atoms with van der Waals surface area (Å²) in [6.07, 6.45) is 0. The second kappa shape index (κ2) is 11.0. The molecule has 0 spiro atoms. The Labute approximate surface area is 322 Å². The van der Waals surface area contributed by atoms with Crippen LogP contribution in [0.4, 0.5) is 28.4 Å². The molecule has 0 radical (unpaired) electrons. The van der Waals surface area contributed by atoms with E-state index >= 15 is 0 Å². The molecule has 1 aromatic heterocycles. The SMILES string of the molecule is Cc1cc2c3c(c1)N(c1ccc(C(C)(C)C)cc1-c1ccccc1)c1cc4c(cc1B3N1c3ccccc3C(C)(C)c3cccc-2c31)sc1ccccc14. The summed E-state index contributed by atoms with van der Waals surface area (Å²) in [5.41, 5.74) is 19.5. The zero-order valence-electron chi connectivity index (χ0n) is 31.7. The number of hydrogen-bond acceptors (Lipinski definition) is 3. The maximum atomic E-state index is 2.71. The van der Waals surface area contributed by atoms with Crippen molar-refractivity contribution in [3.63, 3.8) is 0 Å². The lowest BCUT2D eigenvalue weighted by Crippen LogP contribution is -2.63. The van der Waals surface area contributed by atoms with Crippen molar-refractivity contribution in [2.75, 3.05) is 9.71 Å². The van der Waals surface area contributed by atoms with Crippen molar-refractivity contribution in [1.82, 2.24) is 0 Å². The first-order valence-electron chi connectivity index (χ1n) is 19.2. The summed E-state index contributed by atoms with van der Waals surface area (Å²) < 4.78 is 2.67. The first kappa shape index (κ1) is 31.9. The van der Waals surface area contributed by atoms with Gasteiger partial charge in [0.1, 0.15) is 0 Å². The van der Waals surface area contributed by atoms with E-state index in [0.29, 0.717) is 0 Å². The number of aryl methyl sites for hydroxylation is 1. The third kappa shape index (κ3) is 4.29. The van der Waals surface area contributed by atoms with Crippen LogP contribution in [0.2, 0.25) is 0 Å². The molecule has 260 valence electrons. The van der Waals surface area contributed by atoms with Gasteiger partial charge in [-0.05, 0) is 99.1 Å². The van der Waals surface area contributed by atoms with E-state index in [1.165, 1.54) is 104 Å². The van der Waals surface area contributed by atoms with E-state index in [-0.39, 0.29) is 17.7 Å². The minimum Gasteiger partial charge on any atom is -0.376 e. The third-order valence-electron chi connectivity index (χ3n) is 12.4. The average Bonchev–Trinajstić information content (AvgIpc) is 3.54. The molecule has 2 nitrogen and oxygen atoms in total. The van der Waals surface area contributed by atoms with Crippen molar-refractivity contribution >= 4 is 77.7 Å². The Bertz CT molecular complexity index is 2880. The molecule has 0 fully saturated rings. The van der Waals surface area contributed by atoms with Gasteiger partial charge < -0.3 is 9.71 Å². The fourth-order valence-electron chi connectivity index (χ4n) is 9.79. The zero-order chi connectivity index (χ0) is 36.7. The van der Waals surface area contributed by atoms with Gasteiger partial charge in [-0.3, -0.25) is 0 Å². The zero-order valence-corrected chi connectivity index (χ0v) is 32.5. The summed E-state index contributed by atoms with van der Waals surface area (Å²) in [6, 6.07) is 53.3. The van der Waals surface area contributed by atoms with E-state index in [1.54, 1.807) is 0 Å². The predicted octanol–water partition coefficient (Wildman–Crippen LogP) is 12.7. The molecular formula is C50H41BN2S. The Kier molecular flexibility index (Phi) is 6.50. The fourth-order valence-corrected chi connectivity index (χ4v) is 10.9. The highest BCUT2D eigenvalue weighted by Crippen LogP contribution is 2.56. The molecule has 0 aliphatic carbocycles. The minimum atomic E-state index is -0.138. The Morgan fingerprint density at radius 1 is 0.574 bits per heavy atom. The summed E-state index contributed by atoms with van der Waals surface area (Å²) in [5, 5.41) is 2.64. The number of anilines is 5. The molecule has 0 saturated heterocycles. The van der Waals surface area contributed by atoms with Gasteiger partial charge >= 0.3 is 6.85 Å². The van der Waals surface area contributed by atoms with Crippen LogP contribution in [0, 0.1) is 6.92 Å². The van der Waals surface area contributed by atoms with Crippen LogP contribution in [-0.4, -0.2) is 6.85 Å². The van der Waals surface area contributed by atoms with E-state index in [9.17, 15) is 0 Å². The lowest BCUT2D eigenvalue weighted by molar-refractivity contribution is 0.590. The average molecular weight is 713 g/mol. The second-order valence-electron chi connectivity index (χ2n) is 17.1. The van der Waals surface area contributed by atoms with Crippen LogP contribution < -0.4 is 20.6 Å². The lowest BCUT2D eigenvalue weighted by atomic mass is 9.42. The standard InChI is InChI=1S/C50H41BN2S/c1-30-25-37-34-18-14-20-39-48(34)53(42-21-12-11-19-38(42)50(39,5)6)51-40-29-46-36(33-17-10-13-22-45(33)54-46)28-43(40)52(44(26-30)47(37)51)41-24-23-32(49(2,3)4)27-35(41)31-15-8-7-9-16-31/h7-29H,1-6H3. The van der Waals surface area contributed by atoms with Crippen molar-refractivity contribution in [2.24, 2.45) is 0 Å². The molecule has 0 amide bonds. The molecule has 4 heteroatoms. The van der Waals surface area contributed by atoms with Crippen molar-refractivity contribution in [3.8, 4) is 22.3 Å². The molecule has 54 heavy (non-hydrogen) atoms. The summed E-state index contributed by atoms with van der Waals surface area (Å²) in [5.74, 6) is 0. The molecule has 4 heterocycles. The number of rotatable bonds is 2. The summed E-state index contributed by atoms with van der Waals surface area (Å²) >= 11 is 1.91. The summed E-state index contributed by atoms with van der Waals surface area (Å²) in [7, 11) is 0. The Hall–Kier alpha value is -5.58. The van der Waals surface area contributed by atoms with Crippen LogP contribution in [0.25, 0.3) is 42.4 Å². The number of fused-ring (bicyclic) bond motifs is 9. The largest absolute Gasteiger partial charge is 0.376 e. The summed E-state index contributed by atoms with van der Waals surface area (Å²) in [4.78, 5) is 5.33. The van der Waals surface area contributed by atoms with Gasteiger partial charge in [-0.15, -0.1) is 11.3 Å². The van der Waals surface area contributed by atoms with E-state index < -0.39 is 0 Å². The van der Waals surface area contributed by atoms with Crippen LogP contribution in [-0.2, 0) is 10.8 Å². The lowest BCUT2D eigenvalue weighted by Gasteiger charge is -2.51. The molecule has 0 bridgehead atoms. The molecule has 0 saturated carbocycles. The molecule has 0 N–H and O–H groups in total. The van der Waals surface area contributed by atoms with E-state index in [2.05, 4.69) is 191 Å². The quantitative estimate of drug-likeness (QED) is 0.165. The normalized spacial score (nSPS) is 14.9. The number of thiophene rings is 1. The highest BCUT2D eigenvalue weighted by molar-refractivity contribution is 7.26. The van der Waals surface area contributed by atoms with Gasteiger partial charge in [0.2, 0.25) is 0 Å². The third-order valence-corrected chi connectivity index (χ3v) is 13.5. The number of hydrogen-bond donors (Lipinski definition) is 0. The van der Waals surface area contributed by atoms with E-state index in [0.717, 1.165) is 0 Å². The smallest absolute Gasteiger partial charge is 0.333 e. The molecule has 0 unspecified atom stereocenters. The van der Waals surface area contributed by atoms with Crippen molar-refractivity contribution < 1.29 is 0 Å². The van der Waals surface area contributed by atoms with Crippen LogP contribution >= 0.6 is 11.3 Å². The molecule has 3 aliphatic heterocycles. The molecule has 8 aromatic rings. The van der Waals surface area contributed by atoms with Gasteiger partial charge in [0, 0.05) is 59.5 Å². The van der Waals surface area contributed by atoms with Gasteiger partial charge in [0.25, 0.3) is 0 Å². The first-order valence-corrected chi connectivity index (χ1v) is 20.0. The van der Waals surface area contributed by atoms with Gasteiger partial charge in [0.15, 0.2) is 0 Å². The topological polar surface area (TPSA) is 6.48 Å². The highest BCUT2D eigenvalue weighted by atomic mass is 32.1. The molecule has 11 rings (SSSR count). The maximum absolute atomic E-state index is 2.71. The second-order valence-corrected chi connectivity index (χ2v) is 18.1. The Morgan fingerprint density at radius 3 is 2.17 bits per heavy atom. The Balaban J connectivity index is 1.30. The summed E-state index contributed by atoms with van der Waals surface area (Å²) in [6.45, 7) is 14.0. The number of para-hydroxylation sites is 2. The molecule has 0 atom stereocenters. The van der Waals surface area contributed by atoms with Crippen LogP contribution in [0.5, 0.6) is 0 Å².